The van der Waals surface area contributed by atoms with Crippen LogP contribution in [0.25, 0.3) is 0 Å². The molecule has 1 aromatic rings. The molecule has 6 nitrogen and oxygen atoms in total. The fraction of sp³-hybridized carbons (Fsp3) is 0.364. The van der Waals surface area contributed by atoms with Crippen LogP contribution >= 0.6 is 0 Å². The van der Waals surface area contributed by atoms with E-state index in [0.29, 0.717) is 6.54 Å². The summed E-state index contributed by atoms with van der Waals surface area (Å²) in [6.45, 7) is 2.38. The Kier molecular flexibility index (Phi) is 4.43. The first-order valence-corrected chi connectivity index (χ1v) is 5.08. The second-order valence-corrected chi connectivity index (χ2v) is 3.54. The van der Waals surface area contributed by atoms with E-state index in [1.807, 2.05) is 6.07 Å². The second-order valence-electron chi connectivity index (χ2n) is 3.54. The van der Waals surface area contributed by atoms with Crippen LogP contribution in [0.4, 0.5) is 5.69 Å². The number of nitrogens with one attached hydrogen (secondary N) is 1. The van der Waals surface area contributed by atoms with Crippen LogP contribution in [0.5, 0.6) is 5.75 Å². The number of ether oxygens (including phenoxy) is 1. The molecule has 1 atom stereocenters. The van der Waals surface area contributed by atoms with Gasteiger partial charge in [-0.2, -0.15) is 5.26 Å². The summed E-state index contributed by atoms with van der Waals surface area (Å²) < 4.78 is 5.43. The third-order valence-corrected chi connectivity index (χ3v) is 2.10. The third kappa shape index (κ3) is 3.43. The molecule has 0 radical (unpaired) electrons. The summed E-state index contributed by atoms with van der Waals surface area (Å²) in [4.78, 5) is 10.3. The zero-order valence-electron chi connectivity index (χ0n) is 9.64. The zero-order valence-corrected chi connectivity index (χ0v) is 9.64. The topological polar surface area (TPSA) is 88.2 Å². The highest BCUT2D eigenvalue weighted by Crippen LogP contribution is 2.28. The van der Waals surface area contributed by atoms with Crippen molar-refractivity contribution in [1.82, 2.24) is 5.32 Å². The van der Waals surface area contributed by atoms with Gasteiger partial charge < -0.3 is 10.1 Å². The lowest BCUT2D eigenvalue weighted by Crippen LogP contribution is -2.26. The van der Waals surface area contributed by atoms with Crippen molar-refractivity contribution >= 4 is 5.69 Å². The summed E-state index contributed by atoms with van der Waals surface area (Å²) in [6.07, 6.45) is -0.188. The average molecular weight is 235 g/mol. The van der Waals surface area contributed by atoms with E-state index in [1.54, 1.807) is 14.0 Å². The van der Waals surface area contributed by atoms with Gasteiger partial charge in [0.1, 0.15) is 6.10 Å². The van der Waals surface area contributed by atoms with Crippen molar-refractivity contribution in [3.05, 3.63) is 33.9 Å². The first-order valence-electron chi connectivity index (χ1n) is 5.08. The van der Waals surface area contributed by atoms with Crippen LogP contribution in [0.1, 0.15) is 12.5 Å². The molecule has 1 N–H and O–H groups in total. The molecule has 0 fully saturated rings. The Morgan fingerprint density at radius 3 is 2.88 bits per heavy atom. The number of hydrogen-bond acceptors (Lipinski definition) is 5. The molecule has 0 saturated heterocycles. The number of rotatable bonds is 5. The molecule has 1 aromatic carbocycles. The summed E-state index contributed by atoms with van der Waals surface area (Å²) in [5.74, 6) is 0.178. The van der Waals surface area contributed by atoms with E-state index in [1.165, 1.54) is 18.2 Å². The first-order chi connectivity index (χ1) is 8.08. The van der Waals surface area contributed by atoms with Gasteiger partial charge in [-0.3, -0.25) is 10.1 Å². The third-order valence-electron chi connectivity index (χ3n) is 2.10. The SMILES string of the molecule is CNCC(C)Oc1ccc(C#N)cc1[N+](=O)[O-]. The van der Waals surface area contributed by atoms with Gasteiger partial charge in [0.25, 0.3) is 0 Å². The summed E-state index contributed by atoms with van der Waals surface area (Å²) in [6, 6.07) is 6.01. The Morgan fingerprint density at radius 2 is 2.35 bits per heavy atom. The van der Waals surface area contributed by atoms with Gasteiger partial charge in [0.2, 0.25) is 0 Å². The highest BCUT2D eigenvalue weighted by molar-refractivity contribution is 5.51. The minimum absolute atomic E-state index is 0.178. The predicted octanol–water partition coefficient (Wildman–Crippen LogP) is 1.45. The average Bonchev–Trinajstić information content (AvgIpc) is 2.29. The maximum atomic E-state index is 10.8. The van der Waals surface area contributed by atoms with Gasteiger partial charge in [0.15, 0.2) is 5.75 Å². The molecule has 0 aromatic heterocycles. The van der Waals surface area contributed by atoms with E-state index in [9.17, 15) is 10.1 Å². The predicted molar refractivity (Wildman–Crippen MR) is 61.8 cm³/mol. The minimum atomic E-state index is -0.553. The van der Waals surface area contributed by atoms with Gasteiger partial charge in [0, 0.05) is 12.6 Å². The lowest BCUT2D eigenvalue weighted by molar-refractivity contribution is -0.386. The van der Waals surface area contributed by atoms with E-state index in [0.717, 1.165) is 0 Å². The maximum Gasteiger partial charge on any atom is 0.312 e. The fourth-order valence-corrected chi connectivity index (χ4v) is 1.38. The van der Waals surface area contributed by atoms with Crippen LogP contribution in [-0.4, -0.2) is 24.6 Å². The van der Waals surface area contributed by atoms with Gasteiger partial charge in [0.05, 0.1) is 16.6 Å². The molecule has 0 aliphatic heterocycles. The second kappa shape index (κ2) is 5.82. The standard InChI is InChI=1S/C11H13N3O3/c1-8(7-13-2)17-11-4-3-9(6-12)5-10(11)14(15)16/h3-5,8,13H,7H2,1-2H3. The normalized spacial score (nSPS) is 11.6. The van der Waals surface area contributed by atoms with Crippen molar-refractivity contribution in [1.29, 1.82) is 5.26 Å². The molecule has 0 bridgehead atoms. The molecular weight excluding hydrogens is 222 g/mol. The number of likely N-dealkylation sites (N-methyl/N-ethyl adjacent to an activating group) is 1. The van der Waals surface area contributed by atoms with Crippen molar-refractivity contribution < 1.29 is 9.66 Å². The number of nitriles is 1. The van der Waals surface area contributed by atoms with E-state index in [4.69, 9.17) is 10.00 Å². The van der Waals surface area contributed by atoms with E-state index < -0.39 is 4.92 Å². The van der Waals surface area contributed by atoms with Crippen LogP contribution in [0.15, 0.2) is 18.2 Å². The number of benzene rings is 1. The Morgan fingerprint density at radius 1 is 1.65 bits per heavy atom. The summed E-state index contributed by atoms with van der Waals surface area (Å²) >= 11 is 0. The van der Waals surface area contributed by atoms with Crippen molar-refractivity contribution in [2.45, 2.75) is 13.0 Å². The molecule has 0 aliphatic rings. The molecule has 0 aliphatic carbocycles. The highest BCUT2D eigenvalue weighted by Gasteiger charge is 2.17. The molecule has 0 saturated carbocycles. The van der Waals surface area contributed by atoms with Crippen LogP contribution in [0, 0.1) is 21.4 Å². The monoisotopic (exact) mass is 235 g/mol. The van der Waals surface area contributed by atoms with Crippen LogP contribution < -0.4 is 10.1 Å². The summed E-state index contributed by atoms with van der Waals surface area (Å²) in [7, 11) is 1.77. The molecule has 0 amide bonds. The van der Waals surface area contributed by atoms with Gasteiger partial charge in [-0.05, 0) is 26.1 Å². The molecule has 17 heavy (non-hydrogen) atoms. The van der Waals surface area contributed by atoms with Crippen molar-refractivity contribution in [2.75, 3.05) is 13.6 Å². The van der Waals surface area contributed by atoms with Crippen LogP contribution in [0.3, 0.4) is 0 Å². The summed E-state index contributed by atoms with van der Waals surface area (Å²) in [5, 5.41) is 22.4. The number of nitro benzene ring substituents is 1. The van der Waals surface area contributed by atoms with Crippen molar-refractivity contribution in [3.8, 4) is 11.8 Å². The quantitative estimate of drug-likeness (QED) is 0.616. The van der Waals surface area contributed by atoms with Gasteiger partial charge in [-0.25, -0.2) is 0 Å². The smallest absolute Gasteiger partial charge is 0.312 e. The van der Waals surface area contributed by atoms with Gasteiger partial charge in [-0.1, -0.05) is 0 Å². The number of hydrogen-bond donors (Lipinski definition) is 1. The highest BCUT2D eigenvalue weighted by atomic mass is 16.6. The molecule has 6 heteroatoms. The molecular formula is C11H13N3O3. The lowest BCUT2D eigenvalue weighted by atomic mass is 10.2. The van der Waals surface area contributed by atoms with Crippen molar-refractivity contribution in [2.24, 2.45) is 0 Å². The van der Waals surface area contributed by atoms with E-state index in [2.05, 4.69) is 5.32 Å². The van der Waals surface area contributed by atoms with E-state index in [-0.39, 0.29) is 23.1 Å². The first kappa shape index (κ1) is 12.9. The largest absolute Gasteiger partial charge is 0.482 e. The number of nitro groups is 1. The maximum absolute atomic E-state index is 10.8. The Labute approximate surface area is 99.0 Å². The Hall–Kier alpha value is -2.13. The minimum Gasteiger partial charge on any atom is -0.482 e. The molecule has 90 valence electrons. The molecule has 0 spiro atoms. The van der Waals surface area contributed by atoms with Crippen molar-refractivity contribution in [3.63, 3.8) is 0 Å². The lowest BCUT2D eigenvalue weighted by Gasteiger charge is -2.13. The van der Waals surface area contributed by atoms with E-state index >= 15 is 0 Å². The molecule has 0 heterocycles. The fourth-order valence-electron chi connectivity index (χ4n) is 1.38. The van der Waals surface area contributed by atoms with Gasteiger partial charge >= 0.3 is 5.69 Å². The zero-order chi connectivity index (χ0) is 12.8. The Balaban J connectivity index is 2.99. The van der Waals surface area contributed by atoms with Crippen LogP contribution in [-0.2, 0) is 0 Å². The Bertz CT molecular complexity index is 454. The number of nitrogens with zero attached hydrogens (tertiary/aromatic N) is 2. The molecule has 1 rings (SSSR count). The van der Waals surface area contributed by atoms with Crippen LogP contribution in [0.2, 0.25) is 0 Å². The molecule has 1 unspecified atom stereocenters. The van der Waals surface area contributed by atoms with Gasteiger partial charge in [-0.15, -0.1) is 0 Å². The summed E-state index contributed by atoms with van der Waals surface area (Å²) in [5.41, 5.74) is 0.0531.